The Balaban J connectivity index is 2.42. The summed E-state index contributed by atoms with van der Waals surface area (Å²) in [6, 6.07) is 2.07. The highest BCUT2D eigenvalue weighted by atomic mass is 79.9. The summed E-state index contributed by atoms with van der Waals surface area (Å²) in [4.78, 5) is 12.7. The van der Waals surface area contributed by atoms with Gasteiger partial charge in [0.1, 0.15) is 10.7 Å². The second-order valence-corrected chi connectivity index (χ2v) is 7.57. The van der Waals surface area contributed by atoms with Crippen LogP contribution in [0.15, 0.2) is 21.5 Å². The molecule has 0 saturated carbocycles. The summed E-state index contributed by atoms with van der Waals surface area (Å²) >= 11 is 3.04. The van der Waals surface area contributed by atoms with Gasteiger partial charge in [-0.1, -0.05) is 0 Å². The largest absolute Gasteiger partial charge is 0.398 e. The van der Waals surface area contributed by atoms with Crippen molar-refractivity contribution in [3.05, 3.63) is 22.4 Å². The number of hydrogen-bond donors (Lipinski definition) is 1. The topological polar surface area (TPSA) is 83.7 Å². The fourth-order valence-corrected chi connectivity index (χ4v) is 3.87. The van der Waals surface area contributed by atoms with Gasteiger partial charge in [0.15, 0.2) is 0 Å². The predicted molar refractivity (Wildman–Crippen MR) is 79.5 cm³/mol. The van der Waals surface area contributed by atoms with Crippen molar-refractivity contribution >= 4 is 37.5 Å². The Labute approximate surface area is 130 Å². The molecule has 0 bridgehead atoms. The molecule has 6 nitrogen and oxygen atoms in total. The van der Waals surface area contributed by atoms with E-state index in [9.17, 15) is 17.6 Å². The number of carbonyl (C=O) groups is 1. The lowest BCUT2D eigenvalue weighted by Crippen LogP contribution is -2.38. The molecule has 0 unspecified atom stereocenters. The van der Waals surface area contributed by atoms with E-state index in [1.807, 2.05) is 0 Å². The molecular weight excluding hydrogens is 365 g/mol. The maximum atomic E-state index is 14.0. The Kier molecular flexibility index (Phi) is 4.54. The first-order chi connectivity index (χ1) is 9.73. The van der Waals surface area contributed by atoms with Crippen molar-refractivity contribution < 1.29 is 17.6 Å². The maximum Gasteiger partial charge on any atom is 0.246 e. The molecule has 1 heterocycles. The summed E-state index contributed by atoms with van der Waals surface area (Å²) < 4.78 is 40.3. The van der Waals surface area contributed by atoms with Crippen molar-refractivity contribution in [2.75, 3.05) is 32.4 Å². The van der Waals surface area contributed by atoms with Gasteiger partial charge in [0.2, 0.25) is 15.9 Å². The van der Waals surface area contributed by atoms with Crippen LogP contribution in [0.4, 0.5) is 10.1 Å². The normalized spacial score (nSPS) is 17.9. The molecule has 116 valence electrons. The number of benzene rings is 1. The van der Waals surface area contributed by atoms with E-state index >= 15 is 0 Å². The van der Waals surface area contributed by atoms with Gasteiger partial charge in [-0.05, 0) is 34.5 Å². The molecular formula is C12H15BrFN3O3S. The second kappa shape index (κ2) is 5.90. The lowest BCUT2D eigenvalue weighted by atomic mass is 10.3. The highest BCUT2D eigenvalue weighted by Gasteiger charge is 2.32. The van der Waals surface area contributed by atoms with E-state index < -0.39 is 20.7 Å². The van der Waals surface area contributed by atoms with Gasteiger partial charge >= 0.3 is 0 Å². The van der Waals surface area contributed by atoms with Crippen molar-refractivity contribution in [1.29, 1.82) is 0 Å². The predicted octanol–water partition coefficient (Wildman–Crippen LogP) is 1.02. The number of rotatable bonds is 2. The molecule has 1 aliphatic heterocycles. The minimum absolute atomic E-state index is 0.119. The monoisotopic (exact) mass is 379 g/mol. The van der Waals surface area contributed by atoms with Crippen LogP contribution in [-0.2, 0) is 14.8 Å². The molecule has 0 aromatic heterocycles. The van der Waals surface area contributed by atoms with Gasteiger partial charge in [-0.2, -0.15) is 4.31 Å². The smallest absolute Gasteiger partial charge is 0.246 e. The average molecular weight is 380 g/mol. The molecule has 1 fully saturated rings. The summed E-state index contributed by atoms with van der Waals surface area (Å²) in [5, 5.41) is 0. The Bertz CT molecular complexity index is 681. The van der Waals surface area contributed by atoms with Gasteiger partial charge in [0.25, 0.3) is 0 Å². The zero-order valence-electron chi connectivity index (χ0n) is 11.3. The zero-order chi connectivity index (χ0) is 15.8. The number of halogens is 2. The van der Waals surface area contributed by atoms with Gasteiger partial charge in [-0.15, -0.1) is 0 Å². The van der Waals surface area contributed by atoms with E-state index in [1.165, 1.54) is 4.90 Å². The van der Waals surface area contributed by atoms with Gasteiger partial charge in [0.05, 0.1) is 6.54 Å². The van der Waals surface area contributed by atoms with Crippen LogP contribution in [-0.4, -0.2) is 50.2 Å². The number of likely N-dealkylation sites (N-methyl/N-ethyl adjacent to an activating group) is 1. The van der Waals surface area contributed by atoms with Crippen molar-refractivity contribution in [1.82, 2.24) is 9.21 Å². The van der Waals surface area contributed by atoms with Gasteiger partial charge < -0.3 is 10.6 Å². The number of amides is 1. The summed E-state index contributed by atoms with van der Waals surface area (Å²) in [6.07, 6.45) is 0.495. The number of sulfonamides is 1. The standard InChI is InChI=1S/C12H15BrFN3O3S/c1-16-3-2-4-17(7-12(16)18)21(19,20)11-6-10(15)8(13)5-9(11)14/h5-6H,2-4,7,15H2,1H3. The van der Waals surface area contributed by atoms with E-state index in [2.05, 4.69) is 15.9 Å². The molecule has 2 N–H and O–H groups in total. The van der Waals surface area contributed by atoms with Crippen molar-refractivity contribution in [2.24, 2.45) is 0 Å². The van der Waals surface area contributed by atoms with E-state index in [4.69, 9.17) is 5.73 Å². The van der Waals surface area contributed by atoms with Crippen LogP contribution in [0.2, 0.25) is 0 Å². The first kappa shape index (κ1) is 16.2. The Morgan fingerprint density at radius 2 is 2.00 bits per heavy atom. The third-order valence-corrected chi connectivity index (χ3v) is 5.85. The summed E-state index contributed by atoms with van der Waals surface area (Å²) in [5.41, 5.74) is 5.74. The van der Waals surface area contributed by atoms with Crippen molar-refractivity contribution in [3.8, 4) is 0 Å². The Hall–Kier alpha value is -1.19. The molecule has 0 radical (unpaired) electrons. The van der Waals surface area contributed by atoms with E-state index in [0.29, 0.717) is 13.0 Å². The molecule has 9 heteroatoms. The summed E-state index contributed by atoms with van der Waals surface area (Å²) in [6.45, 7) is 0.331. The van der Waals surface area contributed by atoms with Crippen molar-refractivity contribution in [3.63, 3.8) is 0 Å². The first-order valence-electron chi connectivity index (χ1n) is 6.22. The molecule has 1 aliphatic rings. The molecule has 1 aromatic rings. The van der Waals surface area contributed by atoms with Crippen LogP contribution in [0.1, 0.15) is 6.42 Å². The number of nitrogens with zero attached hydrogens (tertiary/aromatic N) is 2. The van der Waals surface area contributed by atoms with Gasteiger partial charge in [-0.25, -0.2) is 12.8 Å². The molecule has 0 spiro atoms. The number of hydrogen-bond acceptors (Lipinski definition) is 4. The van der Waals surface area contributed by atoms with Crippen LogP contribution < -0.4 is 5.73 Å². The molecule has 0 aliphatic carbocycles. The SMILES string of the molecule is CN1CCCN(S(=O)(=O)c2cc(N)c(Br)cc2F)CC1=O. The van der Waals surface area contributed by atoms with Crippen LogP contribution in [0, 0.1) is 5.82 Å². The van der Waals surface area contributed by atoms with Crippen LogP contribution in [0.5, 0.6) is 0 Å². The Morgan fingerprint density at radius 3 is 2.67 bits per heavy atom. The second-order valence-electron chi connectivity index (χ2n) is 4.81. The minimum Gasteiger partial charge on any atom is -0.398 e. The molecule has 21 heavy (non-hydrogen) atoms. The first-order valence-corrected chi connectivity index (χ1v) is 8.45. The highest BCUT2D eigenvalue weighted by molar-refractivity contribution is 9.10. The lowest BCUT2D eigenvalue weighted by Gasteiger charge is -2.20. The molecule has 1 aromatic carbocycles. The number of carbonyl (C=O) groups excluding carboxylic acids is 1. The van der Waals surface area contributed by atoms with Gasteiger partial charge in [-0.3, -0.25) is 4.79 Å². The number of nitrogens with two attached hydrogens (primary N) is 1. The number of nitrogen functional groups attached to an aromatic ring is 1. The molecule has 1 saturated heterocycles. The van der Waals surface area contributed by atoms with E-state index in [1.54, 1.807) is 7.05 Å². The summed E-state index contributed by atoms with van der Waals surface area (Å²) in [7, 11) is -2.49. The third kappa shape index (κ3) is 3.19. The summed E-state index contributed by atoms with van der Waals surface area (Å²) in [5.74, 6) is -1.22. The average Bonchev–Trinajstić information content (AvgIpc) is 2.57. The van der Waals surface area contributed by atoms with E-state index in [-0.39, 0.29) is 29.2 Å². The van der Waals surface area contributed by atoms with E-state index in [0.717, 1.165) is 16.4 Å². The quantitative estimate of drug-likeness (QED) is 0.777. The van der Waals surface area contributed by atoms with Crippen LogP contribution in [0.3, 0.4) is 0 Å². The minimum atomic E-state index is -4.10. The molecule has 2 rings (SSSR count). The lowest BCUT2D eigenvalue weighted by molar-refractivity contribution is -0.129. The van der Waals surface area contributed by atoms with Gasteiger partial charge in [0, 0.05) is 30.3 Å². The van der Waals surface area contributed by atoms with Crippen LogP contribution in [0.25, 0.3) is 0 Å². The molecule has 0 atom stereocenters. The fourth-order valence-electron chi connectivity index (χ4n) is 2.05. The molecule has 1 amide bonds. The van der Waals surface area contributed by atoms with Crippen LogP contribution >= 0.6 is 15.9 Å². The third-order valence-electron chi connectivity index (χ3n) is 3.31. The highest BCUT2D eigenvalue weighted by Crippen LogP contribution is 2.28. The maximum absolute atomic E-state index is 14.0. The fraction of sp³-hybridized carbons (Fsp3) is 0.417. The number of anilines is 1. The Morgan fingerprint density at radius 1 is 1.33 bits per heavy atom. The zero-order valence-corrected chi connectivity index (χ0v) is 13.7. The van der Waals surface area contributed by atoms with Crippen molar-refractivity contribution in [2.45, 2.75) is 11.3 Å².